The molecular formula is C22H30IN3O. The van der Waals surface area contributed by atoms with Gasteiger partial charge in [0.1, 0.15) is 0 Å². The van der Waals surface area contributed by atoms with Gasteiger partial charge in [-0.15, -0.1) is 24.0 Å². The van der Waals surface area contributed by atoms with Crippen molar-refractivity contribution in [2.24, 2.45) is 10.9 Å². The van der Waals surface area contributed by atoms with E-state index in [9.17, 15) is 0 Å². The van der Waals surface area contributed by atoms with E-state index in [0.717, 1.165) is 38.6 Å². The number of nitrogens with one attached hydrogen (secondary N) is 1. The number of rotatable bonds is 6. The lowest BCUT2D eigenvalue weighted by atomic mass is 9.91. The third-order valence-electron chi connectivity index (χ3n) is 5.07. The number of guanidine groups is 1. The Morgan fingerprint density at radius 1 is 1.11 bits per heavy atom. The molecule has 0 spiro atoms. The average Bonchev–Trinajstić information content (AvgIpc) is 3.15. The van der Waals surface area contributed by atoms with Crippen molar-refractivity contribution in [2.75, 3.05) is 40.4 Å². The predicted octanol–water partition coefficient (Wildman–Crippen LogP) is 3.98. The summed E-state index contributed by atoms with van der Waals surface area (Å²) >= 11 is 0. The Morgan fingerprint density at radius 2 is 1.70 bits per heavy atom. The molecule has 1 fully saturated rings. The number of methoxy groups -OCH3 is 1. The van der Waals surface area contributed by atoms with Gasteiger partial charge in [0.05, 0.1) is 6.61 Å². The van der Waals surface area contributed by atoms with Crippen molar-refractivity contribution in [1.82, 2.24) is 10.2 Å². The van der Waals surface area contributed by atoms with E-state index in [2.05, 4.69) is 75.9 Å². The van der Waals surface area contributed by atoms with Crippen LogP contribution < -0.4 is 5.32 Å². The zero-order valence-corrected chi connectivity index (χ0v) is 18.5. The predicted molar refractivity (Wildman–Crippen MR) is 123 cm³/mol. The smallest absolute Gasteiger partial charge is 0.193 e. The molecule has 0 saturated carbocycles. The van der Waals surface area contributed by atoms with Crippen LogP contribution in [0.3, 0.4) is 0 Å². The molecule has 2 aromatic rings. The van der Waals surface area contributed by atoms with E-state index >= 15 is 0 Å². The molecule has 0 radical (unpaired) electrons. The summed E-state index contributed by atoms with van der Waals surface area (Å²) in [6.07, 6.45) is 1.16. The zero-order valence-electron chi connectivity index (χ0n) is 16.2. The van der Waals surface area contributed by atoms with E-state index in [0.29, 0.717) is 11.8 Å². The van der Waals surface area contributed by atoms with Crippen LogP contribution in [0, 0.1) is 5.92 Å². The summed E-state index contributed by atoms with van der Waals surface area (Å²) in [5.41, 5.74) is 2.64. The van der Waals surface area contributed by atoms with Crippen molar-refractivity contribution >= 4 is 29.9 Å². The molecule has 1 aliphatic rings. The molecular weight excluding hydrogens is 449 g/mol. The van der Waals surface area contributed by atoms with Crippen LogP contribution in [-0.2, 0) is 4.74 Å². The lowest BCUT2D eigenvalue weighted by Crippen LogP contribution is -2.42. The molecule has 0 amide bonds. The van der Waals surface area contributed by atoms with Gasteiger partial charge in [-0.2, -0.15) is 0 Å². The Bertz CT molecular complexity index is 654. The maximum Gasteiger partial charge on any atom is 0.193 e. The molecule has 1 unspecified atom stereocenters. The van der Waals surface area contributed by atoms with Crippen molar-refractivity contribution in [1.29, 1.82) is 0 Å². The monoisotopic (exact) mass is 479 g/mol. The number of halogens is 1. The Hall–Kier alpha value is -1.60. The molecule has 0 aromatic heterocycles. The van der Waals surface area contributed by atoms with Crippen molar-refractivity contribution in [2.45, 2.75) is 12.3 Å². The third kappa shape index (κ3) is 5.94. The number of aliphatic imine (C=N–C) groups is 1. The van der Waals surface area contributed by atoms with Gasteiger partial charge in [-0.25, -0.2) is 0 Å². The number of ether oxygens (including phenoxy) is 1. The highest BCUT2D eigenvalue weighted by atomic mass is 127. The van der Waals surface area contributed by atoms with Gasteiger partial charge >= 0.3 is 0 Å². The second-order valence-corrected chi connectivity index (χ2v) is 6.86. The summed E-state index contributed by atoms with van der Waals surface area (Å²) in [5, 5.41) is 3.61. The Labute approximate surface area is 180 Å². The summed E-state index contributed by atoms with van der Waals surface area (Å²) in [5.74, 6) is 1.88. The molecule has 3 rings (SSSR count). The van der Waals surface area contributed by atoms with Gasteiger partial charge < -0.3 is 15.0 Å². The van der Waals surface area contributed by atoms with E-state index in [-0.39, 0.29) is 24.0 Å². The highest BCUT2D eigenvalue weighted by Gasteiger charge is 2.25. The second-order valence-electron chi connectivity index (χ2n) is 6.86. The van der Waals surface area contributed by atoms with Crippen molar-refractivity contribution in [3.05, 3.63) is 71.8 Å². The molecule has 1 heterocycles. The molecule has 1 saturated heterocycles. The van der Waals surface area contributed by atoms with Crippen LogP contribution >= 0.6 is 24.0 Å². The summed E-state index contributed by atoms with van der Waals surface area (Å²) < 4.78 is 5.31. The normalized spacial score (nSPS) is 17.1. The van der Waals surface area contributed by atoms with Gasteiger partial charge in [0, 0.05) is 45.6 Å². The standard InChI is InChI=1S/C22H29N3O.HI/c1-23-22(25-14-13-18(16-25)17-26-2)24-15-21(19-9-5-3-6-10-19)20-11-7-4-8-12-20;/h3-12,18,21H,13-17H2,1-2H3,(H,23,24);1H. The van der Waals surface area contributed by atoms with Crippen LogP contribution in [0.25, 0.3) is 0 Å². The van der Waals surface area contributed by atoms with E-state index in [4.69, 9.17) is 4.74 Å². The fourth-order valence-electron chi connectivity index (χ4n) is 3.72. The molecule has 0 bridgehead atoms. The number of hydrogen-bond acceptors (Lipinski definition) is 2. The molecule has 0 aliphatic carbocycles. The van der Waals surface area contributed by atoms with Gasteiger partial charge in [0.15, 0.2) is 5.96 Å². The van der Waals surface area contributed by atoms with Gasteiger partial charge in [-0.05, 0) is 17.5 Å². The maximum absolute atomic E-state index is 5.31. The third-order valence-corrected chi connectivity index (χ3v) is 5.07. The topological polar surface area (TPSA) is 36.9 Å². The molecule has 2 aromatic carbocycles. The van der Waals surface area contributed by atoms with Crippen molar-refractivity contribution in [3.8, 4) is 0 Å². The van der Waals surface area contributed by atoms with Gasteiger partial charge in [0.25, 0.3) is 0 Å². The first kappa shape index (κ1) is 21.7. The first-order chi connectivity index (χ1) is 12.8. The molecule has 27 heavy (non-hydrogen) atoms. The fraction of sp³-hybridized carbons (Fsp3) is 0.409. The minimum absolute atomic E-state index is 0. The molecule has 1 aliphatic heterocycles. The average molecular weight is 479 g/mol. The molecule has 146 valence electrons. The zero-order chi connectivity index (χ0) is 18.2. The number of nitrogens with zero attached hydrogens (tertiary/aromatic N) is 2. The summed E-state index contributed by atoms with van der Waals surface area (Å²) in [6.45, 7) is 3.69. The van der Waals surface area contributed by atoms with Crippen molar-refractivity contribution < 1.29 is 4.74 Å². The maximum atomic E-state index is 5.31. The largest absolute Gasteiger partial charge is 0.384 e. The van der Waals surface area contributed by atoms with E-state index < -0.39 is 0 Å². The summed E-state index contributed by atoms with van der Waals surface area (Å²) in [7, 11) is 3.64. The second kappa shape index (κ2) is 11.3. The van der Waals surface area contributed by atoms with E-state index in [1.165, 1.54) is 11.1 Å². The number of likely N-dealkylation sites (tertiary alicyclic amines) is 1. The number of hydrogen-bond donors (Lipinski definition) is 1. The Kier molecular flexibility index (Phi) is 9.07. The highest BCUT2D eigenvalue weighted by molar-refractivity contribution is 14.0. The summed E-state index contributed by atoms with van der Waals surface area (Å²) in [4.78, 5) is 6.86. The van der Waals surface area contributed by atoms with E-state index in [1.54, 1.807) is 7.11 Å². The SMILES string of the molecule is CN=C(NCC(c1ccccc1)c1ccccc1)N1CCC(COC)C1.I. The Morgan fingerprint density at radius 3 is 2.22 bits per heavy atom. The Balaban J connectivity index is 0.00000261. The molecule has 4 nitrogen and oxygen atoms in total. The minimum Gasteiger partial charge on any atom is -0.384 e. The minimum atomic E-state index is 0. The van der Waals surface area contributed by atoms with Crippen LogP contribution in [0.5, 0.6) is 0 Å². The van der Waals surface area contributed by atoms with Crippen LogP contribution in [0.15, 0.2) is 65.7 Å². The lowest BCUT2D eigenvalue weighted by Gasteiger charge is -2.25. The van der Waals surface area contributed by atoms with Crippen LogP contribution in [-0.4, -0.2) is 51.3 Å². The van der Waals surface area contributed by atoms with Crippen LogP contribution in [0.1, 0.15) is 23.5 Å². The fourth-order valence-corrected chi connectivity index (χ4v) is 3.72. The van der Waals surface area contributed by atoms with Gasteiger partial charge in [-0.1, -0.05) is 60.7 Å². The lowest BCUT2D eigenvalue weighted by molar-refractivity contribution is 0.157. The summed E-state index contributed by atoms with van der Waals surface area (Å²) in [6, 6.07) is 21.4. The molecule has 1 N–H and O–H groups in total. The highest BCUT2D eigenvalue weighted by Crippen LogP contribution is 2.24. The quantitative estimate of drug-likeness (QED) is 0.387. The van der Waals surface area contributed by atoms with Gasteiger partial charge in [0.2, 0.25) is 0 Å². The molecule has 5 heteroatoms. The first-order valence-electron chi connectivity index (χ1n) is 9.36. The van der Waals surface area contributed by atoms with Crippen molar-refractivity contribution in [3.63, 3.8) is 0 Å². The number of benzene rings is 2. The van der Waals surface area contributed by atoms with Crippen LogP contribution in [0.2, 0.25) is 0 Å². The molecule has 1 atom stereocenters. The van der Waals surface area contributed by atoms with Gasteiger partial charge in [-0.3, -0.25) is 4.99 Å². The van der Waals surface area contributed by atoms with E-state index in [1.807, 2.05) is 7.05 Å². The first-order valence-corrected chi connectivity index (χ1v) is 9.36. The van der Waals surface area contributed by atoms with Crippen LogP contribution in [0.4, 0.5) is 0 Å².